The molecule has 0 spiro atoms. The minimum Gasteiger partial charge on any atom is -0.389 e. The first-order valence-electron chi connectivity index (χ1n) is 7.95. The van der Waals surface area contributed by atoms with Crippen molar-refractivity contribution in [2.45, 2.75) is 38.0 Å². The van der Waals surface area contributed by atoms with Crippen LogP contribution in [0.15, 0.2) is 48.5 Å². The Balaban J connectivity index is 1.92. The molecule has 4 atom stereocenters. The normalized spacial score (nSPS) is 31.1. The number of halogens is 2. The summed E-state index contributed by atoms with van der Waals surface area (Å²) in [5.74, 6) is -0.511. The van der Waals surface area contributed by atoms with Gasteiger partial charge in [0.1, 0.15) is 23.7 Å². The van der Waals surface area contributed by atoms with Crippen LogP contribution in [0.5, 0.6) is 0 Å². The second-order valence-corrected chi connectivity index (χ2v) is 6.78. The lowest BCUT2D eigenvalue weighted by Crippen LogP contribution is -2.91. The van der Waals surface area contributed by atoms with Gasteiger partial charge in [-0.3, -0.25) is 0 Å². The standard InChI is InChI=1S/C19H21F2NO/c1-12-18(14-5-9-16(21)10-6-14)22-17(11-19(12,2)23)13-3-7-15(20)8-4-13/h3-10,12,17-18,22-23H,11H2,1-2H3/p+1/t12-,17+,18-,19-/m1/s1. The monoisotopic (exact) mass is 318 g/mol. The molecule has 0 aromatic heterocycles. The van der Waals surface area contributed by atoms with Gasteiger partial charge in [-0.05, 0) is 31.2 Å². The van der Waals surface area contributed by atoms with E-state index in [0.29, 0.717) is 6.42 Å². The Labute approximate surface area is 135 Å². The summed E-state index contributed by atoms with van der Waals surface area (Å²) in [6, 6.07) is 12.9. The quantitative estimate of drug-likeness (QED) is 0.877. The van der Waals surface area contributed by atoms with Gasteiger partial charge in [0.15, 0.2) is 0 Å². The zero-order chi connectivity index (χ0) is 16.6. The van der Waals surface area contributed by atoms with Crippen molar-refractivity contribution in [3.63, 3.8) is 0 Å². The molecule has 2 aromatic carbocycles. The van der Waals surface area contributed by atoms with Crippen LogP contribution in [0, 0.1) is 17.6 Å². The third kappa shape index (κ3) is 3.28. The average molecular weight is 318 g/mol. The van der Waals surface area contributed by atoms with Crippen molar-refractivity contribution in [1.29, 1.82) is 0 Å². The number of aliphatic hydroxyl groups is 1. The Hall–Kier alpha value is -1.78. The third-order valence-electron chi connectivity index (χ3n) is 5.15. The van der Waals surface area contributed by atoms with Crippen LogP contribution in [-0.4, -0.2) is 10.7 Å². The van der Waals surface area contributed by atoms with Crippen LogP contribution in [0.3, 0.4) is 0 Å². The Morgan fingerprint density at radius 3 is 1.96 bits per heavy atom. The first-order chi connectivity index (χ1) is 10.9. The molecule has 0 unspecified atom stereocenters. The van der Waals surface area contributed by atoms with E-state index in [1.165, 1.54) is 24.3 Å². The maximum atomic E-state index is 13.2. The van der Waals surface area contributed by atoms with Crippen LogP contribution in [0.4, 0.5) is 8.78 Å². The number of rotatable bonds is 2. The fraction of sp³-hybridized carbons (Fsp3) is 0.368. The smallest absolute Gasteiger partial charge is 0.123 e. The molecule has 0 radical (unpaired) electrons. The Morgan fingerprint density at radius 2 is 1.43 bits per heavy atom. The summed E-state index contributed by atoms with van der Waals surface area (Å²) in [6.45, 7) is 3.86. The maximum absolute atomic E-state index is 13.2. The van der Waals surface area contributed by atoms with Crippen molar-refractivity contribution in [2.24, 2.45) is 5.92 Å². The number of quaternary nitrogens is 1. The van der Waals surface area contributed by atoms with E-state index in [1.54, 1.807) is 24.3 Å². The van der Waals surface area contributed by atoms with E-state index in [-0.39, 0.29) is 29.6 Å². The molecule has 2 aromatic rings. The summed E-state index contributed by atoms with van der Waals surface area (Å²) in [5.41, 5.74) is 1.14. The summed E-state index contributed by atoms with van der Waals surface area (Å²) in [4.78, 5) is 0. The minimum absolute atomic E-state index is 0.0182. The first-order valence-corrected chi connectivity index (χ1v) is 7.95. The van der Waals surface area contributed by atoms with Crippen molar-refractivity contribution in [1.82, 2.24) is 0 Å². The molecule has 23 heavy (non-hydrogen) atoms. The van der Waals surface area contributed by atoms with Gasteiger partial charge >= 0.3 is 0 Å². The predicted molar refractivity (Wildman–Crippen MR) is 84.6 cm³/mol. The lowest BCUT2D eigenvalue weighted by atomic mass is 9.73. The van der Waals surface area contributed by atoms with Crippen molar-refractivity contribution in [3.8, 4) is 0 Å². The molecule has 1 fully saturated rings. The zero-order valence-corrected chi connectivity index (χ0v) is 13.3. The van der Waals surface area contributed by atoms with Gasteiger partial charge in [-0.2, -0.15) is 0 Å². The molecule has 1 heterocycles. The van der Waals surface area contributed by atoms with Gasteiger partial charge in [-0.25, -0.2) is 8.78 Å². The van der Waals surface area contributed by atoms with E-state index < -0.39 is 5.60 Å². The molecule has 3 rings (SSSR count). The van der Waals surface area contributed by atoms with Crippen molar-refractivity contribution >= 4 is 0 Å². The third-order valence-corrected chi connectivity index (χ3v) is 5.15. The van der Waals surface area contributed by atoms with E-state index >= 15 is 0 Å². The molecule has 0 aliphatic carbocycles. The summed E-state index contributed by atoms with van der Waals surface area (Å²) >= 11 is 0. The molecule has 1 aliphatic heterocycles. The molecule has 1 aliphatic rings. The van der Waals surface area contributed by atoms with Crippen LogP contribution in [0.25, 0.3) is 0 Å². The summed E-state index contributed by atoms with van der Waals surface area (Å²) in [5, 5.41) is 13.0. The molecule has 1 saturated heterocycles. The Bertz CT molecular complexity index is 667. The molecule has 0 bridgehead atoms. The van der Waals surface area contributed by atoms with Crippen LogP contribution >= 0.6 is 0 Å². The highest BCUT2D eigenvalue weighted by Gasteiger charge is 2.46. The number of hydrogen-bond acceptors (Lipinski definition) is 1. The van der Waals surface area contributed by atoms with Gasteiger partial charge in [-0.15, -0.1) is 0 Å². The number of piperidine rings is 1. The second-order valence-electron chi connectivity index (χ2n) is 6.78. The highest BCUT2D eigenvalue weighted by atomic mass is 19.1. The fourth-order valence-corrected chi connectivity index (χ4v) is 3.53. The van der Waals surface area contributed by atoms with Crippen molar-refractivity contribution in [2.75, 3.05) is 0 Å². The van der Waals surface area contributed by atoms with Gasteiger partial charge in [-0.1, -0.05) is 31.2 Å². The second kappa shape index (κ2) is 6.02. The zero-order valence-electron chi connectivity index (χ0n) is 13.3. The van der Waals surface area contributed by atoms with E-state index in [0.717, 1.165) is 11.1 Å². The van der Waals surface area contributed by atoms with E-state index in [2.05, 4.69) is 5.32 Å². The van der Waals surface area contributed by atoms with Crippen LogP contribution < -0.4 is 5.32 Å². The first kappa shape index (κ1) is 16.1. The van der Waals surface area contributed by atoms with E-state index in [9.17, 15) is 13.9 Å². The predicted octanol–water partition coefficient (Wildman–Crippen LogP) is 3.10. The van der Waals surface area contributed by atoms with Crippen LogP contribution in [-0.2, 0) is 0 Å². The van der Waals surface area contributed by atoms with Gasteiger partial charge in [0, 0.05) is 23.5 Å². The summed E-state index contributed by atoms with van der Waals surface area (Å²) in [7, 11) is 0. The van der Waals surface area contributed by atoms with E-state index in [1.807, 2.05) is 13.8 Å². The van der Waals surface area contributed by atoms with Crippen LogP contribution in [0.1, 0.15) is 43.5 Å². The Morgan fingerprint density at radius 1 is 0.957 bits per heavy atom. The molecule has 0 amide bonds. The van der Waals surface area contributed by atoms with Crippen LogP contribution in [0.2, 0.25) is 0 Å². The highest BCUT2D eigenvalue weighted by molar-refractivity contribution is 5.23. The van der Waals surface area contributed by atoms with Gasteiger partial charge in [0.25, 0.3) is 0 Å². The lowest BCUT2D eigenvalue weighted by Gasteiger charge is -2.43. The molecule has 4 heteroatoms. The van der Waals surface area contributed by atoms with E-state index in [4.69, 9.17) is 0 Å². The fourth-order valence-electron chi connectivity index (χ4n) is 3.53. The number of nitrogens with two attached hydrogens (primary N) is 1. The van der Waals surface area contributed by atoms with Gasteiger partial charge in [0.2, 0.25) is 0 Å². The topological polar surface area (TPSA) is 36.8 Å². The van der Waals surface area contributed by atoms with Gasteiger partial charge in [0.05, 0.1) is 5.60 Å². The summed E-state index contributed by atoms with van der Waals surface area (Å²) < 4.78 is 26.3. The molecule has 0 saturated carbocycles. The van der Waals surface area contributed by atoms with Gasteiger partial charge < -0.3 is 10.4 Å². The number of benzene rings is 2. The average Bonchev–Trinajstić information content (AvgIpc) is 2.51. The van der Waals surface area contributed by atoms with Crippen molar-refractivity contribution in [3.05, 3.63) is 71.3 Å². The summed E-state index contributed by atoms with van der Waals surface area (Å²) in [6.07, 6.45) is 0.595. The molecular formula is C19H22F2NO+. The highest BCUT2D eigenvalue weighted by Crippen LogP contribution is 2.38. The molecular weight excluding hydrogens is 296 g/mol. The maximum Gasteiger partial charge on any atom is 0.123 e. The molecule has 3 N–H and O–H groups in total. The molecule has 2 nitrogen and oxygen atoms in total. The lowest BCUT2D eigenvalue weighted by molar-refractivity contribution is -0.756. The Kier molecular flexibility index (Phi) is 4.21. The van der Waals surface area contributed by atoms with Crippen molar-refractivity contribution < 1.29 is 19.2 Å². The largest absolute Gasteiger partial charge is 0.389 e. The minimum atomic E-state index is -0.840. The SMILES string of the molecule is C[C@@H]1[C@H](c2ccc(F)cc2)[NH2+][C@H](c2ccc(F)cc2)C[C@@]1(C)O. The molecule has 122 valence electrons. The number of hydrogen-bond donors (Lipinski definition) is 2.